The van der Waals surface area contributed by atoms with Crippen LogP contribution in [-0.4, -0.2) is 11.9 Å². The number of hydrogen-bond acceptors (Lipinski definition) is 4. The van der Waals surface area contributed by atoms with E-state index < -0.39 is 0 Å². The van der Waals surface area contributed by atoms with Gasteiger partial charge in [-0.2, -0.15) is 0 Å². The largest absolute Gasteiger partial charge is 0.422 e. The first-order valence-electron chi connectivity index (χ1n) is 9.05. The van der Waals surface area contributed by atoms with Gasteiger partial charge in [0, 0.05) is 21.6 Å². The molecule has 0 fully saturated rings. The van der Waals surface area contributed by atoms with Gasteiger partial charge in [-0.05, 0) is 25.0 Å². The number of benzene rings is 3. The van der Waals surface area contributed by atoms with Crippen LogP contribution in [0.1, 0.15) is 22.3 Å². The molecule has 0 saturated carbocycles. The molecule has 2 aliphatic heterocycles. The summed E-state index contributed by atoms with van der Waals surface area (Å²) in [5, 5.41) is 1.41. The van der Waals surface area contributed by atoms with E-state index in [0.717, 1.165) is 22.3 Å². The average molecular weight is 368 g/mol. The summed E-state index contributed by atoms with van der Waals surface area (Å²) in [7, 11) is 0. The molecule has 28 heavy (non-hydrogen) atoms. The summed E-state index contributed by atoms with van der Waals surface area (Å²) in [5.41, 5.74) is 4.04. The molecule has 0 amide bonds. The number of esters is 2. The van der Waals surface area contributed by atoms with Crippen LogP contribution in [0.25, 0.3) is 11.1 Å². The van der Waals surface area contributed by atoms with Crippen LogP contribution < -0.4 is 19.9 Å². The minimum Gasteiger partial charge on any atom is -0.422 e. The van der Waals surface area contributed by atoms with Gasteiger partial charge in [0.2, 0.25) is 0 Å². The molecule has 4 heteroatoms. The fourth-order valence-electron chi connectivity index (χ4n) is 4.03. The van der Waals surface area contributed by atoms with E-state index in [-0.39, 0.29) is 11.9 Å². The molecular formula is C24H16O4. The maximum atomic E-state index is 12.7. The van der Waals surface area contributed by atoms with E-state index in [1.807, 2.05) is 74.5 Å². The Balaban J connectivity index is 1.93. The van der Waals surface area contributed by atoms with Gasteiger partial charge in [0.15, 0.2) is 0 Å². The molecule has 0 atom stereocenters. The van der Waals surface area contributed by atoms with E-state index in [1.165, 1.54) is 0 Å². The number of hydrogen-bond donors (Lipinski definition) is 0. The highest BCUT2D eigenvalue weighted by molar-refractivity contribution is 6.22. The zero-order valence-corrected chi connectivity index (χ0v) is 15.4. The first-order chi connectivity index (χ1) is 13.6. The van der Waals surface area contributed by atoms with Crippen LogP contribution in [-0.2, 0) is 9.59 Å². The summed E-state index contributed by atoms with van der Waals surface area (Å²) >= 11 is 0. The summed E-state index contributed by atoms with van der Waals surface area (Å²) in [6.45, 7) is 3.73. The summed E-state index contributed by atoms with van der Waals surface area (Å²) in [6.07, 6.45) is 0. The first kappa shape index (κ1) is 16.5. The quantitative estimate of drug-likeness (QED) is 0.515. The molecule has 0 aliphatic carbocycles. The van der Waals surface area contributed by atoms with E-state index in [0.29, 0.717) is 33.1 Å². The van der Waals surface area contributed by atoms with Gasteiger partial charge < -0.3 is 9.47 Å². The second-order valence-electron chi connectivity index (χ2n) is 6.92. The molecule has 0 bridgehead atoms. The van der Waals surface area contributed by atoms with E-state index in [1.54, 1.807) is 0 Å². The molecule has 3 aromatic rings. The lowest BCUT2D eigenvalue weighted by Gasteiger charge is -2.07. The smallest absolute Gasteiger partial charge is 0.344 e. The molecule has 4 nitrogen and oxygen atoms in total. The number of fused-ring (bicyclic) bond motifs is 2. The molecular weight excluding hydrogens is 352 g/mol. The Morgan fingerprint density at radius 2 is 0.929 bits per heavy atom. The van der Waals surface area contributed by atoms with Gasteiger partial charge in [0.05, 0.1) is 11.1 Å². The molecule has 3 aromatic carbocycles. The van der Waals surface area contributed by atoms with E-state index in [4.69, 9.17) is 9.47 Å². The molecule has 0 radical (unpaired) electrons. The normalized spacial score (nSPS) is 14.6. The summed E-state index contributed by atoms with van der Waals surface area (Å²) in [6, 6.07) is 18.8. The van der Waals surface area contributed by atoms with Crippen LogP contribution >= 0.6 is 0 Å². The van der Waals surface area contributed by atoms with Crippen molar-refractivity contribution in [1.29, 1.82) is 0 Å². The van der Waals surface area contributed by atoms with Crippen molar-refractivity contribution in [2.75, 3.05) is 0 Å². The van der Waals surface area contributed by atoms with Crippen molar-refractivity contribution in [3.05, 3.63) is 93.4 Å². The van der Waals surface area contributed by atoms with Gasteiger partial charge >= 0.3 is 11.9 Å². The van der Waals surface area contributed by atoms with Crippen LogP contribution in [0, 0.1) is 13.8 Å². The molecule has 0 saturated heterocycles. The van der Waals surface area contributed by atoms with Crippen molar-refractivity contribution in [3.63, 3.8) is 0 Å². The molecule has 2 aliphatic rings. The molecule has 5 rings (SSSR count). The number of carbonyl (C=O) groups is 2. The maximum Gasteiger partial charge on any atom is 0.344 e. The molecule has 136 valence electrons. The van der Waals surface area contributed by atoms with Gasteiger partial charge in [-0.1, -0.05) is 60.7 Å². The fourth-order valence-corrected chi connectivity index (χ4v) is 4.03. The third-order valence-electron chi connectivity index (χ3n) is 5.31. The van der Waals surface area contributed by atoms with E-state index in [2.05, 4.69) is 0 Å². The van der Waals surface area contributed by atoms with Crippen LogP contribution in [0.2, 0.25) is 0 Å². The monoisotopic (exact) mass is 368 g/mol. The predicted octanol–water partition coefficient (Wildman–Crippen LogP) is 2.54. The lowest BCUT2D eigenvalue weighted by Crippen LogP contribution is -2.19. The van der Waals surface area contributed by atoms with Crippen LogP contribution in [0.15, 0.2) is 60.7 Å². The van der Waals surface area contributed by atoms with Crippen molar-refractivity contribution in [3.8, 4) is 11.5 Å². The van der Waals surface area contributed by atoms with Crippen molar-refractivity contribution in [2.45, 2.75) is 13.8 Å². The minimum atomic E-state index is -0.385. The second-order valence-corrected chi connectivity index (χ2v) is 6.92. The standard InChI is InChI=1S/C24H16O4/c1-13-17-19(15-9-5-3-6-10-15)23(25)28-22(17)14(2)18-20(24(26)27-21(13)18)16-11-7-4-8-12-16/h3-12H,1-2H3. The van der Waals surface area contributed by atoms with Gasteiger partial charge in [0.1, 0.15) is 11.5 Å². The molecule has 0 unspecified atom stereocenters. The Morgan fingerprint density at radius 3 is 1.29 bits per heavy atom. The van der Waals surface area contributed by atoms with Crippen molar-refractivity contribution in [2.24, 2.45) is 0 Å². The Kier molecular flexibility index (Phi) is 3.49. The molecule has 2 heterocycles. The highest BCUT2D eigenvalue weighted by Gasteiger charge is 2.34. The summed E-state index contributed by atoms with van der Waals surface area (Å²) in [5.74, 6) is 0.242. The molecule has 0 aromatic heterocycles. The van der Waals surface area contributed by atoms with Gasteiger partial charge in [-0.15, -0.1) is 0 Å². The molecule has 0 spiro atoms. The summed E-state index contributed by atoms with van der Waals surface area (Å²) < 4.78 is 11.3. The SMILES string of the molecule is Cc1c2c(c(C)c3c1=C(c1ccccc1)C(=O)O3)=C(c1ccccc1)C(=O)O2. The third-order valence-corrected chi connectivity index (χ3v) is 5.31. The van der Waals surface area contributed by atoms with Crippen LogP contribution in [0.3, 0.4) is 0 Å². The Morgan fingerprint density at radius 1 is 0.571 bits per heavy atom. The van der Waals surface area contributed by atoms with Gasteiger partial charge in [0.25, 0.3) is 0 Å². The van der Waals surface area contributed by atoms with Crippen molar-refractivity contribution in [1.82, 2.24) is 0 Å². The van der Waals surface area contributed by atoms with E-state index >= 15 is 0 Å². The first-order valence-corrected chi connectivity index (χ1v) is 9.05. The fraction of sp³-hybridized carbons (Fsp3) is 0.0833. The predicted molar refractivity (Wildman–Crippen MR) is 104 cm³/mol. The van der Waals surface area contributed by atoms with Crippen molar-refractivity contribution < 1.29 is 19.1 Å². The van der Waals surface area contributed by atoms with Crippen LogP contribution in [0.5, 0.6) is 11.5 Å². The van der Waals surface area contributed by atoms with Gasteiger partial charge in [-0.25, -0.2) is 9.59 Å². The highest BCUT2D eigenvalue weighted by atomic mass is 16.5. The lowest BCUT2D eigenvalue weighted by molar-refractivity contribution is -0.128. The summed E-state index contributed by atoms with van der Waals surface area (Å²) in [4.78, 5) is 25.4. The number of rotatable bonds is 2. The second kappa shape index (κ2) is 5.92. The zero-order chi connectivity index (χ0) is 19.4. The third kappa shape index (κ3) is 2.18. The van der Waals surface area contributed by atoms with Gasteiger partial charge in [-0.3, -0.25) is 0 Å². The number of ether oxygens (including phenoxy) is 2. The lowest BCUT2D eigenvalue weighted by atomic mass is 9.95. The Bertz CT molecular complexity index is 1180. The van der Waals surface area contributed by atoms with Crippen LogP contribution in [0.4, 0.5) is 0 Å². The van der Waals surface area contributed by atoms with E-state index in [9.17, 15) is 9.59 Å². The minimum absolute atomic E-state index is 0.385. The Hall–Kier alpha value is -3.66. The molecule has 0 N–H and O–H groups in total. The average Bonchev–Trinajstić information content (AvgIpc) is 3.25. The Labute approximate surface area is 161 Å². The topological polar surface area (TPSA) is 52.6 Å². The number of carbonyl (C=O) groups excluding carboxylic acids is 2. The zero-order valence-electron chi connectivity index (χ0n) is 15.4. The maximum absolute atomic E-state index is 12.7. The van der Waals surface area contributed by atoms with Crippen molar-refractivity contribution >= 4 is 23.1 Å². The highest BCUT2D eigenvalue weighted by Crippen LogP contribution is 2.31.